The summed E-state index contributed by atoms with van der Waals surface area (Å²) in [4.78, 5) is 39.7. The number of methoxy groups -OCH3 is 2. The largest absolute Gasteiger partial charge is 0.493 e. The monoisotopic (exact) mass is 635 g/mol. The van der Waals surface area contributed by atoms with E-state index in [1.54, 1.807) is 91.0 Å². The lowest BCUT2D eigenvalue weighted by Crippen LogP contribution is -2.30. The highest BCUT2D eigenvalue weighted by atomic mass is 35.5. The van der Waals surface area contributed by atoms with E-state index in [0.29, 0.717) is 44.0 Å². The summed E-state index contributed by atoms with van der Waals surface area (Å²) < 4.78 is 10.7. The van der Waals surface area contributed by atoms with Gasteiger partial charge in [0.05, 0.1) is 30.7 Å². The topological polar surface area (TPSA) is 106 Å². The Morgan fingerprint density at radius 3 is 2.33 bits per heavy atom. The number of halogens is 2. The number of hydrogen-bond donors (Lipinski definition) is 3. The smallest absolute Gasteiger partial charge is 0.272 e. The maximum Gasteiger partial charge on any atom is 0.272 e. The summed E-state index contributed by atoms with van der Waals surface area (Å²) in [5, 5.41) is 9.12. The van der Waals surface area contributed by atoms with Gasteiger partial charge in [-0.05, 0) is 72.3 Å². The van der Waals surface area contributed by atoms with E-state index < -0.39 is 11.8 Å². The van der Waals surface area contributed by atoms with Crippen molar-refractivity contribution in [3.63, 3.8) is 0 Å². The van der Waals surface area contributed by atoms with Gasteiger partial charge in [0.25, 0.3) is 11.8 Å². The highest BCUT2D eigenvalue weighted by Gasteiger charge is 2.16. The van der Waals surface area contributed by atoms with Crippen LogP contribution in [-0.2, 0) is 9.59 Å². The van der Waals surface area contributed by atoms with E-state index >= 15 is 0 Å². The molecule has 11 heteroatoms. The standard InChI is InChI=1S/C32H27Cl2N3O5S/c1-41-28-14-11-20(16-29(28)42-2)15-27(37-31(39)21-7-4-3-5-8-21)32(40)35-23-9-6-10-24(18-23)43-19-30(38)36-26-17-22(33)12-13-25(26)34/h3-18H,19H2,1-2H3,(H,35,40)(H,36,38)(H,37,39)/b27-15+. The minimum Gasteiger partial charge on any atom is -0.493 e. The number of thioether (sulfide) groups is 1. The third-order valence-corrected chi connectivity index (χ3v) is 7.47. The maximum absolute atomic E-state index is 13.5. The quantitative estimate of drug-likeness (QED) is 0.119. The number of anilines is 2. The first-order valence-electron chi connectivity index (χ1n) is 12.8. The number of nitrogens with one attached hydrogen (secondary N) is 3. The highest BCUT2D eigenvalue weighted by Crippen LogP contribution is 2.29. The van der Waals surface area contributed by atoms with E-state index in [-0.39, 0.29) is 17.4 Å². The second-order valence-electron chi connectivity index (χ2n) is 8.94. The first-order chi connectivity index (χ1) is 20.7. The van der Waals surface area contributed by atoms with Crippen molar-refractivity contribution in [1.82, 2.24) is 5.32 Å². The molecule has 0 bridgehead atoms. The van der Waals surface area contributed by atoms with Crippen molar-refractivity contribution in [2.75, 3.05) is 30.6 Å². The Morgan fingerprint density at radius 1 is 0.814 bits per heavy atom. The summed E-state index contributed by atoms with van der Waals surface area (Å²) in [6.45, 7) is 0. The van der Waals surface area contributed by atoms with E-state index in [1.165, 1.54) is 26.0 Å². The number of amides is 3. The summed E-state index contributed by atoms with van der Waals surface area (Å²) in [7, 11) is 3.04. The third kappa shape index (κ3) is 9.02. The van der Waals surface area contributed by atoms with Crippen LogP contribution in [0.1, 0.15) is 15.9 Å². The normalized spacial score (nSPS) is 10.9. The molecule has 0 aliphatic rings. The van der Waals surface area contributed by atoms with Crippen LogP contribution in [0.25, 0.3) is 6.08 Å². The average molecular weight is 637 g/mol. The highest BCUT2D eigenvalue weighted by molar-refractivity contribution is 8.00. The van der Waals surface area contributed by atoms with Crippen molar-refractivity contribution in [3.05, 3.63) is 118 Å². The zero-order chi connectivity index (χ0) is 30.8. The average Bonchev–Trinajstić information content (AvgIpc) is 3.02. The fourth-order valence-electron chi connectivity index (χ4n) is 3.84. The molecule has 3 amide bonds. The van der Waals surface area contributed by atoms with Crippen LogP contribution in [0.3, 0.4) is 0 Å². The first kappa shape index (κ1) is 31.5. The summed E-state index contributed by atoms with van der Waals surface area (Å²) >= 11 is 13.4. The number of carbonyl (C=O) groups is 3. The van der Waals surface area contributed by atoms with Gasteiger partial charge in [-0.15, -0.1) is 11.8 Å². The van der Waals surface area contributed by atoms with Crippen LogP contribution in [0.15, 0.2) is 102 Å². The number of rotatable bonds is 11. The molecule has 8 nitrogen and oxygen atoms in total. The summed E-state index contributed by atoms with van der Waals surface area (Å²) in [5.74, 6) is -0.174. The molecule has 0 saturated carbocycles. The van der Waals surface area contributed by atoms with Gasteiger partial charge in [-0.3, -0.25) is 14.4 Å². The molecule has 4 rings (SSSR count). The molecule has 3 N–H and O–H groups in total. The van der Waals surface area contributed by atoms with Crippen LogP contribution in [0.5, 0.6) is 11.5 Å². The van der Waals surface area contributed by atoms with Gasteiger partial charge >= 0.3 is 0 Å². The molecular weight excluding hydrogens is 609 g/mol. The fourth-order valence-corrected chi connectivity index (χ4v) is 4.93. The Labute approximate surface area is 263 Å². The van der Waals surface area contributed by atoms with Crippen LogP contribution >= 0.6 is 35.0 Å². The van der Waals surface area contributed by atoms with Crippen molar-refractivity contribution < 1.29 is 23.9 Å². The van der Waals surface area contributed by atoms with Crippen LogP contribution in [0.2, 0.25) is 10.0 Å². The minimum absolute atomic E-state index is 0.0110. The number of benzene rings is 4. The van der Waals surface area contributed by atoms with Gasteiger partial charge in [0.1, 0.15) is 5.70 Å². The van der Waals surface area contributed by atoms with Crippen LogP contribution < -0.4 is 25.4 Å². The van der Waals surface area contributed by atoms with Gasteiger partial charge in [0, 0.05) is 21.2 Å². The van der Waals surface area contributed by atoms with Crippen molar-refractivity contribution in [1.29, 1.82) is 0 Å². The van der Waals surface area contributed by atoms with E-state index in [1.807, 2.05) is 6.07 Å². The lowest BCUT2D eigenvalue weighted by Gasteiger charge is -2.13. The van der Waals surface area contributed by atoms with E-state index in [2.05, 4.69) is 16.0 Å². The molecule has 0 fully saturated rings. The van der Waals surface area contributed by atoms with Gasteiger partial charge in [0.15, 0.2) is 11.5 Å². The molecular formula is C32H27Cl2N3O5S. The predicted octanol–water partition coefficient (Wildman–Crippen LogP) is 7.15. The van der Waals surface area contributed by atoms with Gasteiger partial charge < -0.3 is 25.4 Å². The Hall–Kier alpha value is -4.44. The van der Waals surface area contributed by atoms with E-state index in [9.17, 15) is 14.4 Å². The van der Waals surface area contributed by atoms with Crippen molar-refractivity contribution >= 4 is 70.1 Å². The number of carbonyl (C=O) groups excluding carboxylic acids is 3. The second kappa shape index (κ2) is 15.2. The van der Waals surface area contributed by atoms with E-state index in [0.717, 1.165) is 4.90 Å². The number of ether oxygens (including phenoxy) is 2. The third-order valence-electron chi connectivity index (χ3n) is 5.91. The summed E-state index contributed by atoms with van der Waals surface area (Å²) in [5.41, 5.74) is 1.90. The zero-order valence-corrected chi connectivity index (χ0v) is 25.5. The van der Waals surface area contributed by atoms with Crippen molar-refractivity contribution in [3.8, 4) is 11.5 Å². The Bertz CT molecular complexity index is 1660. The molecule has 0 aliphatic heterocycles. The van der Waals surface area contributed by atoms with Gasteiger partial charge in [0.2, 0.25) is 5.91 Å². The van der Waals surface area contributed by atoms with Crippen LogP contribution in [-0.4, -0.2) is 37.7 Å². The molecule has 0 radical (unpaired) electrons. The van der Waals surface area contributed by atoms with Gasteiger partial charge in [-0.2, -0.15) is 0 Å². The Balaban J connectivity index is 1.50. The molecule has 0 spiro atoms. The zero-order valence-electron chi connectivity index (χ0n) is 23.2. The summed E-state index contributed by atoms with van der Waals surface area (Å²) in [6, 6.07) is 25.5. The molecule has 43 heavy (non-hydrogen) atoms. The SMILES string of the molecule is COc1ccc(/C=C(/NC(=O)c2ccccc2)C(=O)Nc2cccc(SCC(=O)Nc3cc(Cl)ccc3Cl)c2)cc1OC. The molecule has 0 saturated heterocycles. The molecule has 0 aromatic heterocycles. The lowest BCUT2D eigenvalue weighted by molar-refractivity contribution is -0.114. The lowest BCUT2D eigenvalue weighted by atomic mass is 10.1. The summed E-state index contributed by atoms with van der Waals surface area (Å²) in [6.07, 6.45) is 1.54. The molecule has 0 aliphatic carbocycles. The molecule has 220 valence electrons. The molecule has 0 unspecified atom stereocenters. The molecule has 0 heterocycles. The van der Waals surface area contributed by atoms with Gasteiger partial charge in [-0.25, -0.2) is 0 Å². The maximum atomic E-state index is 13.5. The van der Waals surface area contributed by atoms with Crippen molar-refractivity contribution in [2.24, 2.45) is 0 Å². The minimum atomic E-state index is -0.547. The number of hydrogen-bond acceptors (Lipinski definition) is 6. The molecule has 0 atom stereocenters. The van der Waals surface area contributed by atoms with Crippen molar-refractivity contribution in [2.45, 2.75) is 4.90 Å². The Morgan fingerprint density at radius 2 is 1.58 bits per heavy atom. The fraction of sp³-hybridized carbons (Fsp3) is 0.0938. The van der Waals surface area contributed by atoms with Crippen LogP contribution in [0.4, 0.5) is 11.4 Å². The van der Waals surface area contributed by atoms with Crippen LogP contribution in [0, 0.1) is 0 Å². The molecule has 4 aromatic carbocycles. The first-order valence-corrected chi connectivity index (χ1v) is 14.6. The second-order valence-corrected chi connectivity index (χ2v) is 10.8. The molecule has 4 aromatic rings. The Kier molecular flexibility index (Phi) is 11.1. The van der Waals surface area contributed by atoms with Gasteiger partial charge in [-0.1, -0.05) is 53.5 Å². The predicted molar refractivity (Wildman–Crippen MR) is 172 cm³/mol. The van der Waals surface area contributed by atoms with E-state index in [4.69, 9.17) is 32.7 Å².